The quantitative estimate of drug-likeness (QED) is 0.757. The van der Waals surface area contributed by atoms with E-state index in [2.05, 4.69) is 4.98 Å². The number of allylic oxidation sites excluding steroid dienone is 1. The molecule has 3 nitrogen and oxygen atoms in total. The van der Waals surface area contributed by atoms with Gasteiger partial charge in [0, 0.05) is 28.7 Å². The first-order valence-electron chi connectivity index (χ1n) is 5.08. The third-order valence-electron chi connectivity index (χ3n) is 2.69. The van der Waals surface area contributed by atoms with E-state index in [0.29, 0.717) is 0 Å². The van der Waals surface area contributed by atoms with Crippen LogP contribution in [-0.4, -0.2) is 16.1 Å². The maximum Gasteiger partial charge on any atom is 0.328 e. The number of rotatable bonds is 2. The molecule has 0 fully saturated rings. The molecule has 0 saturated carbocycles. The van der Waals surface area contributed by atoms with Crippen LogP contribution in [0.4, 0.5) is 0 Å². The van der Waals surface area contributed by atoms with Gasteiger partial charge in [0.2, 0.25) is 0 Å². The first-order valence-corrected chi connectivity index (χ1v) is 5.08. The number of aromatic nitrogens is 1. The summed E-state index contributed by atoms with van der Waals surface area (Å²) >= 11 is 0. The standard InChI is InChI=1S/C13H13NO2/c1-8-4-3-5-10-11(7-14-13(8)10)9(2)6-12(15)16/h3-7,14H,1-2H3,(H,15,16)/b9-6-. The molecule has 0 aliphatic heterocycles. The maximum atomic E-state index is 10.6. The van der Waals surface area contributed by atoms with Gasteiger partial charge >= 0.3 is 5.97 Å². The molecule has 1 aromatic carbocycles. The second-order valence-electron chi connectivity index (χ2n) is 3.87. The lowest BCUT2D eigenvalue weighted by atomic mass is 10.0. The number of carboxylic acid groups (broad SMARTS) is 1. The molecule has 0 bridgehead atoms. The van der Waals surface area contributed by atoms with Crippen molar-refractivity contribution in [2.24, 2.45) is 0 Å². The summed E-state index contributed by atoms with van der Waals surface area (Å²) in [5, 5.41) is 9.79. The molecule has 3 heteroatoms. The van der Waals surface area contributed by atoms with Crippen LogP contribution in [0.5, 0.6) is 0 Å². The van der Waals surface area contributed by atoms with Gasteiger partial charge in [0.1, 0.15) is 0 Å². The van der Waals surface area contributed by atoms with Gasteiger partial charge in [-0.3, -0.25) is 0 Å². The number of carbonyl (C=O) groups is 1. The van der Waals surface area contributed by atoms with E-state index in [1.165, 1.54) is 6.08 Å². The molecule has 1 aromatic heterocycles. The number of aliphatic carboxylic acids is 1. The second-order valence-corrected chi connectivity index (χ2v) is 3.87. The van der Waals surface area contributed by atoms with E-state index < -0.39 is 5.97 Å². The Morgan fingerprint density at radius 2 is 2.19 bits per heavy atom. The summed E-state index contributed by atoms with van der Waals surface area (Å²) < 4.78 is 0. The molecule has 0 saturated heterocycles. The van der Waals surface area contributed by atoms with Gasteiger partial charge in [0.05, 0.1) is 0 Å². The summed E-state index contributed by atoms with van der Waals surface area (Å²) in [6.07, 6.45) is 3.08. The Balaban J connectivity index is 2.63. The maximum absolute atomic E-state index is 10.6. The number of hydrogen-bond donors (Lipinski definition) is 2. The Morgan fingerprint density at radius 3 is 2.88 bits per heavy atom. The highest BCUT2D eigenvalue weighted by atomic mass is 16.4. The number of hydrogen-bond acceptors (Lipinski definition) is 1. The van der Waals surface area contributed by atoms with Crippen molar-refractivity contribution in [2.75, 3.05) is 0 Å². The zero-order valence-electron chi connectivity index (χ0n) is 9.24. The van der Waals surface area contributed by atoms with Crippen LogP contribution in [0.25, 0.3) is 16.5 Å². The highest BCUT2D eigenvalue weighted by Crippen LogP contribution is 2.26. The smallest absolute Gasteiger partial charge is 0.328 e. The lowest BCUT2D eigenvalue weighted by molar-refractivity contribution is -0.131. The molecule has 0 radical (unpaired) electrons. The van der Waals surface area contributed by atoms with Crippen LogP contribution in [-0.2, 0) is 4.79 Å². The molecular weight excluding hydrogens is 202 g/mol. The fourth-order valence-corrected chi connectivity index (χ4v) is 1.90. The number of carboxylic acids is 1. The molecule has 16 heavy (non-hydrogen) atoms. The molecule has 0 amide bonds. The molecule has 2 aromatic rings. The van der Waals surface area contributed by atoms with E-state index >= 15 is 0 Å². The van der Waals surface area contributed by atoms with E-state index in [9.17, 15) is 4.79 Å². The molecule has 0 aliphatic carbocycles. The van der Waals surface area contributed by atoms with Crippen LogP contribution in [0.3, 0.4) is 0 Å². The topological polar surface area (TPSA) is 53.1 Å². The number of nitrogens with one attached hydrogen (secondary N) is 1. The summed E-state index contributed by atoms with van der Waals surface area (Å²) in [5.41, 5.74) is 3.92. The molecule has 0 atom stereocenters. The van der Waals surface area contributed by atoms with Gasteiger partial charge in [-0.1, -0.05) is 18.2 Å². The Labute approximate surface area is 93.4 Å². The van der Waals surface area contributed by atoms with Crippen LogP contribution in [0.1, 0.15) is 18.1 Å². The zero-order chi connectivity index (χ0) is 11.7. The number of fused-ring (bicyclic) bond motifs is 1. The van der Waals surface area contributed by atoms with Crippen molar-refractivity contribution in [2.45, 2.75) is 13.8 Å². The molecule has 2 rings (SSSR count). The van der Waals surface area contributed by atoms with Crippen molar-refractivity contribution >= 4 is 22.4 Å². The van der Waals surface area contributed by atoms with Crippen LogP contribution >= 0.6 is 0 Å². The van der Waals surface area contributed by atoms with Gasteiger partial charge in [-0.15, -0.1) is 0 Å². The van der Waals surface area contributed by atoms with Crippen molar-refractivity contribution in [1.29, 1.82) is 0 Å². The first-order chi connectivity index (χ1) is 7.59. The summed E-state index contributed by atoms with van der Waals surface area (Å²) in [7, 11) is 0. The van der Waals surface area contributed by atoms with E-state index in [-0.39, 0.29) is 0 Å². The SMILES string of the molecule is C/C(=C/C(=O)O)c1c[nH]c2c(C)cccc12. The van der Waals surface area contributed by atoms with Crippen LogP contribution < -0.4 is 0 Å². The predicted molar refractivity (Wildman–Crippen MR) is 64.3 cm³/mol. The first kappa shape index (κ1) is 10.5. The summed E-state index contributed by atoms with van der Waals surface area (Å²) in [5.74, 6) is -0.917. The third-order valence-corrected chi connectivity index (χ3v) is 2.69. The minimum Gasteiger partial charge on any atom is -0.478 e. The van der Waals surface area contributed by atoms with E-state index in [1.807, 2.05) is 31.3 Å². The van der Waals surface area contributed by atoms with Gasteiger partial charge in [-0.05, 0) is 25.0 Å². The monoisotopic (exact) mass is 215 g/mol. The normalized spacial score (nSPS) is 12.0. The molecule has 0 spiro atoms. The third kappa shape index (κ3) is 1.72. The van der Waals surface area contributed by atoms with Crippen LogP contribution in [0, 0.1) is 6.92 Å². The average Bonchev–Trinajstić information content (AvgIpc) is 2.61. The highest BCUT2D eigenvalue weighted by molar-refractivity contribution is 5.98. The Hall–Kier alpha value is -2.03. The molecular formula is C13H13NO2. The Bertz CT molecular complexity index is 579. The van der Waals surface area contributed by atoms with Crippen LogP contribution in [0.2, 0.25) is 0 Å². The van der Waals surface area contributed by atoms with E-state index in [4.69, 9.17) is 5.11 Å². The van der Waals surface area contributed by atoms with Crippen molar-refractivity contribution < 1.29 is 9.90 Å². The Kier molecular flexibility index (Phi) is 2.52. The van der Waals surface area contributed by atoms with E-state index in [0.717, 1.165) is 27.6 Å². The second kappa shape index (κ2) is 3.85. The number of H-pyrrole nitrogens is 1. The van der Waals surface area contributed by atoms with Gasteiger partial charge in [-0.25, -0.2) is 4.79 Å². The van der Waals surface area contributed by atoms with E-state index in [1.54, 1.807) is 6.92 Å². The van der Waals surface area contributed by atoms with Gasteiger partial charge in [0.25, 0.3) is 0 Å². The fourth-order valence-electron chi connectivity index (χ4n) is 1.90. The van der Waals surface area contributed by atoms with Gasteiger partial charge < -0.3 is 10.1 Å². The highest BCUT2D eigenvalue weighted by Gasteiger charge is 2.07. The lowest BCUT2D eigenvalue weighted by Crippen LogP contribution is -1.89. The largest absolute Gasteiger partial charge is 0.478 e. The lowest BCUT2D eigenvalue weighted by Gasteiger charge is -1.99. The number of benzene rings is 1. The minimum atomic E-state index is -0.917. The Morgan fingerprint density at radius 1 is 1.44 bits per heavy atom. The van der Waals surface area contributed by atoms with Crippen molar-refractivity contribution in [1.82, 2.24) is 4.98 Å². The molecule has 1 heterocycles. The van der Waals surface area contributed by atoms with Gasteiger partial charge in [-0.2, -0.15) is 0 Å². The molecule has 2 N–H and O–H groups in total. The number of aryl methyl sites for hydroxylation is 1. The summed E-state index contributed by atoms with van der Waals surface area (Å²) in [6.45, 7) is 3.83. The fraction of sp³-hybridized carbons (Fsp3) is 0.154. The van der Waals surface area contributed by atoms with Crippen molar-refractivity contribution in [3.05, 3.63) is 41.6 Å². The van der Waals surface area contributed by atoms with Gasteiger partial charge in [0.15, 0.2) is 0 Å². The minimum absolute atomic E-state index is 0.754. The van der Waals surface area contributed by atoms with Crippen molar-refractivity contribution in [3.63, 3.8) is 0 Å². The van der Waals surface area contributed by atoms with Crippen LogP contribution in [0.15, 0.2) is 30.5 Å². The molecule has 0 unspecified atom stereocenters. The number of aromatic amines is 1. The zero-order valence-corrected chi connectivity index (χ0v) is 9.24. The number of para-hydroxylation sites is 1. The molecule has 82 valence electrons. The molecule has 0 aliphatic rings. The average molecular weight is 215 g/mol. The summed E-state index contributed by atoms with van der Waals surface area (Å²) in [4.78, 5) is 13.8. The van der Waals surface area contributed by atoms with Crippen molar-refractivity contribution in [3.8, 4) is 0 Å². The predicted octanol–water partition coefficient (Wildman–Crippen LogP) is 2.96. The summed E-state index contributed by atoms with van der Waals surface area (Å²) in [6, 6.07) is 6.00.